The molecular formula is C23H25N5O. The molecule has 0 atom stereocenters. The van der Waals surface area contributed by atoms with Crippen LogP contribution in [0, 0.1) is 0 Å². The van der Waals surface area contributed by atoms with Crippen LogP contribution in [-0.2, 0) is 11.2 Å². The minimum Gasteiger partial charge on any atom is -0.354 e. The molecule has 0 unspecified atom stereocenters. The van der Waals surface area contributed by atoms with Crippen molar-refractivity contribution >= 4 is 18.2 Å². The van der Waals surface area contributed by atoms with Gasteiger partial charge in [-0.2, -0.15) is 4.98 Å². The van der Waals surface area contributed by atoms with Gasteiger partial charge in [-0.1, -0.05) is 60.7 Å². The van der Waals surface area contributed by atoms with Gasteiger partial charge in [0.15, 0.2) is 0 Å². The highest BCUT2D eigenvalue weighted by Crippen LogP contribution is 2.24. The Balaban J connectivity index is 1.54. The molecule has 0 bridgehead atoms. The number of nitrogens with one attached hydrogen (secondary N) is 1. The fourth-order valence-corrected chi connectivity index (χ4v) is 3.45. The predicted molar refractivity (Wildman–Crippen MR) is 116 cm³/mol. The van der Waals surface area contributed by atoms with Gasteiger partial charge in [-0.15, -0.1) is 0 Å². The average Bonchev–Trinajstić information content (AvgIpc) is 2.80. The minimum absolute atomic E-state index is 0.634. The maximum Gasteiger partial charge on any atom is 0.225 e. The quantitative estimate of drug-likeness (QED) is 0.632. The van der Waals surface area contributed by atoms with E-state index in [2.05, 4.69) is 46.6 Å². The van der Waals surface area contributed by atoms with Crippen LogP contribution in [0.5, 0.6) is 0 Å². The summed E-state index contributed by atoms with van der Waals surface area (Å²) >= 11 is 0. The number of hydrogen-bond acceptors (Lipinski definition) is 5. The Labute approximate surface area is 171 Å². The number of benzene rings is 2. The van der Waals surface area contributed by atoms with E-state index < -0.39 is 0 Å². The lowest BCUT2D eigenvalue weighted by Crippen LogP contribution is -2.46. The molecule has 6 nitrogen and oxygen atoms in total. The van der Waals surface area contributed by atoms with Crippen LogP contribution in [0.1, 0.15) is 5.56 Å². The van der Waals surface area contributed by atoms with Gasteiger partial charge in [-0.25, -0.2) is 4.98 Å². The molecule has 2 aromatic carbocycles. The van der Waals surface area contributed by atoms with E-state index in [-0.39, 0.29) is 0 Å². The summed E-state index contributed by atoms with van der Waals surface area (Å²) in [6, 6.07) is 22.6. The summed E-state index contributed by atoms with van der Waals surface area (Å²) in [6.45, 7) is 3.73. The first-order valence-electron chi connectivity index (χ1n) is 9.98. The monoisotopic (exact) mass is 387 g/mol. The van der Waals surface area contributed by atoms with Gasteiger partial charge in [-0.05, 0) is 12.0 Å². The summed E-state index contributed by atoms with van der Waals surface area (Å²) in [5, 5.41) is 3.39. The molecule has 0 saturated carbocycles. The summed E-state index contributed by atoms with van der Waals surface area (Å²) in [5.74, 6) is 1.53. The van der Waals surface area contributed by atoms with Crippen molar-refractivity contribution in [2.24, 2.45) is 0 Å². The van der Waals surface area contributed by atoms with E-state index in [1.807, 2.05) is 30.3 Å². The maximum atomic E-state index is 11.0. The lowest BCUT2D eigenvalue weighted by Gasteiger charge is -2.33. The summed E-state index contributed by atoms with van der Waals surface area (Å²) in [6.07, 6.45) is 1.83. The number of nitrogens with zero attached hydrogens (tertiary/aromatic N) is 4. The standard InChI is InChI=1S/C23H25N5O/c29-18-27-13-15-28(16-14-27)22-17-21(20-9-5-2-6-10-20)25-23(26-22)24-12-11-19-7-3-1-4-8-19/h1-10,17-18H,11-16H2,(H,24,25,26). The zero-order valence-electron chi connectivity index (χ0n) is 16.4. The molecule has 1 N–H and O–H groups in total. The fourth-order valence-electron chi connectivity index (χ4n) is 3.45. The number of piperazine rings is 1. The zero-order valence-corrected chi connectivity index (χ0v) is 16.4. The van der Waals surface area contributed by atoms with E-state index in [1.165, 1.54) is 5.56 Å². The first-order chi connectivity index (χ1) is 14.3. The lowest BCUT2D eigenvalue weighted by atomic mass is 10.1. The molecule has 1 fully saturated rings. The number of carbonyl (C=O) groups excluding carboxylic acids is 1. The highest BCUT2D eigenvalue weighted by Gasteiger charge is 2.18. The van der Waals surface area contributed by atoms with Gasteiger partial charge in [0.1, 0.15) is 5.82 Å². The van der Waals surface area contributed by atoms with Crippen molar-refractivity contribution in [3.8, 4) is 11.3 Å². The summed E-state index contributed by atoms with van der Waals surface area (Å²) in [4.78, 5) is 24.5. The molecule has 148 valence electrons. The highest BCUT2D eigenvalue weighted by molar-refractivity contribution is 5.65. The van der Waals surface area contributed by atoms with Gasteiger partial charge in [0.2, 0.25) is 12.4 Å². The summed E-state index contributed by atoms with van der Waals surface area (Å²) in [5.41, 5.74) is 3.24. The van der Waals surface area contributed by atoms with Gasteiger partial charge >= 0.3 is 0 Å². The van der Waals surface area contributed by atoms with E-state index in [4.69, 9.17) is 9.97 Å². The summed E-state index contributed by atoms with van der Waals surface area (Å²) < 4.78 is 0. The van der Waals surface area contributed by atoms with Crippen molar-refractivity contribution in [2.45, 2.75) is 6.42 Å². The number of amides is 1. The maximum absolute atomic E-state index is 11.0. The SMILES string of the molecule is O=CN1CCN(c2cc(-c3ccccc3)nc(NCCc3ccccc3)n2)CC1. The van der Waals surface area contributed by atoms with Crippen LogP contribution < -0.4 is 10.2 Å². The lowest BCUT2D eigenvalue weighted by molar-refractivity contribution is -0.118. The van der Waals surface area contributed by atoms with Crippen molar-refractivity contribution in [3.05, 3.63) is 72.3 Å². The molecule has 1 amide bonds. The zero-order chi connectivity index (χ0) is 19.9. The second-order valence-electron chi connectivity index (χ2n) is 7.09. The van der Waals surface area contributed by atoms with Crippen LogP contribution in [0.2, 0.25) is 0 Å². The van der Waals surface area contributed by atoms with Gasteiger partial charge in [0, 0.05) is 44.4 Å². The van der Waals surface area contributed by atoms with E-state index in [0.717, 1.165) is 49.5 Å². The minimum atomic E-state index is 0.634. The molecule has 2 heterocycles. The second kappa shape index (κ2) is 9.19. The molecule has 6 heteroatoms. The Bertz CT molecular complexity index is 925. The number of aromatic nitrogens is 2. The van der Waals surface area contributed by atoms with Gasteiger partial charge in [0.05, 0.1) is 5.69 Å². The third-order valence-electron chi connectivity index (χ3n) is 5.11. The van der Waals surface area contributed by atoms with Crippen LogP contribution in [0.4, 0.5) is 11.8 Å². The topological polar surface area (TPSA) is 61.4 Å². The largest absolute Gasteiger partial charge is 0.354 e. The molecule has 1 aliphatic rings. The molecule has 1 aromatic heterocycles. The van der Waals surface area contributed by atoms with Crippen LogP contribution >= 0.6 is 0 Å². The van der Waals surface area contributed by atoms with Crippen LogP contribution in [0.3, 0.4) is 0 Å². The average molecular weight is 387 g/mol. The molecule has 29 heavy (non-hydrogen) atoms. The van der Waals surface area contributed by atoms with E-state index in [0.29, 0.717) is 19.0 Å². The third kappa shape index (κ3) is 4.90. The molecule has 0 spiro atoms. The Hall–Kier alpha value is -3.41. The number of carbonyl (C=O) groups is 1. The van der Waals surface area contributed by atoms with Crippen LogP contribution in [0.25, 0.3) is 11.3 Å². The molecule has 0 radical (unpaired) electrons. The Morgan fingerprint density at radius 2 is 1.59 bits per heavy atom. The predicted octanol–water partition coefficient (Wildman–Crippen LogP) is 3.08. The smallest absolute Gasteiger partial charge is 0.225 e. The van der Waals surface area contributed by atoms with Crippen molar-refractivity contribution in [1.29, 1.82) is 0 Å². The number of rotatable bonds is 7. The Kier molecular flexibility index (Phi) is 6.00. The number of hydrogen-bond donors (Lipinski definition) is 1. The van der Waals surface area contributed by atoms with Crippen LogP contribution in [0.15, 0.2) is 66.7 Å². The highest BCUT2D eigenvalue weighted by atomic mass is 16.1. The first kappa shape index (κ1) is 18.9. The van der Waals surface area contributed by atoms with Crippen molar-refractivity contribution < 1.29 is 4.79 Å². The van der Waals surface area contributed by atoms with Gasteiger partial charge in [-0.3, -0.25) is 4.79 Å². The summed E-state index contributed by atoms with van der Waals surface area (Å²) in [7, 11) is 0. The van der Waals surface area contributed by atoms with Crippen molar-refractivity contribution in [1.82, 2.24) is 14.9 Å². The molecule has 0 aliphatic carbocycles. The van der Waals surface area contributed by atoms with Crippen molar-refractivity contribution in [2.75, 3.05) is 42.9 Å². The van der Waals surface area contributed by atoms with E-state index >= 15 is 0 Å². The first-order valence-corrected chi connectivity index (χ1v) is 9.98. The molecule has 4 rings (SSSR count). The van der Waals surface area contributed by atoms with Crippen LogP contribution in [-0.4, -0.2) is 54.0 Å². The molecule has 1 aliphatic heterocycles. The molecule has 3 aromatic rings. The molecular weight excluding hydrogens is 362 g/mol. The van der Waals surface area contributed by atoms with Gasteiger partial charge in [0.25, 0.3) is 0 Å². The third-order valence-corrected chi connectivity index (χ3v) is 5.11. The van der Waals surface area contributed by atoms with E-state index in [1.54, 1.807) is 4.90 Å². The Morgan fingerprint density at radius 1 is 0.897 bits per heavy atom. The van der Waals surface area contributed by atoms with Crippen molar-refractivity contribution in [3.63, 3.8) is 0 Å². The second-order valence-corrected chi connectivity index (χ2v) is 7.09. The fraction of sp³-hybridized carbons (Fsp3) is 0.261. The molecule has 1 saturated heterocycles. The normalized spacial score (nSPS) is 13.9. The van der Waals surface area contributed by atoms with Gasteiger partial charge < -0.3 is 15.1 Å². The van der Waals surface area contributed by atoms with E-state index in [9.17, 15) is 4.79 Å². The number of anilines is 2. The Morgan fingerprint density at radius 3 is 2.28 bits per heavy atom.